The fourth-order valence-corrected chi connectivity index (χ4v) is 5.52. The summed E-state index contributed by atoms with van der Waals surface area (Å²) in [6.45, 7) is 5.37. The SMILES string of the molecule is COc1ccc(C(=O)Nc2ncc(Cc3cccc(C)c3Cl)s2)cc1S(=O)(=O)NC(C)C. The smallest absolute Gasteiger partial charge is 0.257 e. The zero-order valence-corrected chi connectivity index (χ0v) is 20.5. The normalized spacial score (nSPS) is 11.6. The highest BCUT2D eigenvalue weighted by atomic mass is 35.5. The molecule has 0 saturated heterocycles. The van der Waals surface area contributed by atoms with E-state index in [-0.39, 0.29) is 22.3 Å². The molecule has 1 aromatic heterocycles. The maximum Gasteiger partial charge on any atom is 0.257 e. The van der Waals surface area contributed by atoms with E-state index < -0.39 is 15.9 Å². The van der Waals surface area contributed by atoms with Crippen LogP contribution in [0.1, 0.15) is 40.2 Å². The average molecular weight is 494 g/mol. The Balaban J connectivity index is 1.79. The molecule has 7 nitrogen and oxygen atoms in total. The first-order chi connectivity index (χ1) is 15.1. The quantitative estimate of drug-likeness (QED) is 0.476. The van der Waals surface area contributed by atoms with Gasteiger partial charge < -0.3 is 4.74 Å². The number of amides is 1. The molecule has 0 aliphatic heterocycles. The number of sulfonamides is 1. The molecule has 170 valence electrons. The summed E-state index contributed by atoms with van der Waals surface area (Å²) in [5.41, 5.74) is 2.16. The fourth-order valence-electron chi connectivity index (χ4n) is 3.05. The van der Waals surface area contributed by atoms with Crippen molar-refractivity contribution >= 4 is 44.0 Å². The molecule has 0 bridgehead atoms. The molecule has 1 heterocycles. The zero-order chi connectivity index (χ0) is 23.5. The first-order valence-electron chi connectivity index (χ1n) is 9.81. The molecule has 10 heteroatoms. The summed E-state index contributed by atoms with van der Waals surface area (Å²) in [4.78, 5) is 17.9. The standard InChI is InChI=1S/C22H24ClN3O4S2/c1-13(2)26-32(28,29)19-11-16(8-9-18(19)30-4)21(27)25-22-24-12-17(31-22)10-15-7-5-6-14(3)20(15)23/h5-9,11-13,26H,10H2,1-4H3,(H,24,25,27). The molecule has 0 spiro atoms. The molecule has 0 atom stereocenters. The van der Waals surface area contributed by atoms with Gasteiger partial charge in [-0.1, -0.05) is 29.8 Å². The Morgan fingerprint density at radius 1 is 1.25 bits per heavy atom. The van der Waals surface area contributed by atoms with E-state index in [0.717, 1.165) is 16.0 Å². The van der Waals surface area contributed by atoms with Crippen LogP contribution in [0.3, 0.4) is 0 Å². The minimum Gasteiger partial charge on any atom is -0.495 e. The summed E-state index contributed by atoms with van der Waals surface area (Å²) in [5.74, 6) is -0.315. The van der Waals surface area contributed by atoms with E-state index in [4.69, 9.17) is 16.3 Å². The van der Waals surface area contributed by atoms with Gasteiger partial charge in [0.2, 0.25) is 10.0 Å². The first kappa shape index (κ1) is 24.2. The van der Waals surface area contributed by atoms with Crippen LogP contribution in [0.4, 0.5) is 5.13 Å². The molecule has 0 fully saturated rings. The van der Waals surface area contributed by atoms with Crippen molar-refractivity contribution in [2.75, 3.05) is 12.4 Å². The number of carbonyl (C=O) groups excluding carboxylic acids is 1. The predicted octanol–water partition coefficient (Wildman–Crippen LogP) is 4.64. The van der Waals surface area contributed by atoms with Crippen molar-refractivity contribution in [3.63, 3.8) is 0 Å². The van der Waals surface area contributed by atoms with Crippen molar-refractivity contribution in [1.82, 2.24) is 9.71 Å². The van der Waals surface area contributed by atoms with Gasteiger partial charge in [0.25, 0.3) is 5.91 Å². The molecule has 32 heavy (non-hydrogen) atoms. The van der Waals surface area contributed by atoms with Gasteiger partial charge in [-0.25, -0.2) is 18.1 Å². The van der Waals surface area contributed by atoms with Gasteiger partial charge in [0.05, 0.1) is 7.11 Å². The van der Waals surface area contributed by atoms with Crippen LogP contribution in [0.15, 0.2) is 47.5 Å². The van der Waals surface area contributed by atoms with Crippen molar-refractivity contribution in [3.8, 4) is 5.75 Å². The summed E-state index contributed by atoms with van der Waals surface area (Å²) < 4.78 is 33.0. The lowest BCUT2D eigenvalue weighted by atomic mass is 10.1. The molecule has 1 amide bonds. The number of hydrogen-bond acceptors (Lipinski definition) is 6. The Kier molecular flexibility index (Phi) is 7.55. The lowest BCUT2D eigenvalue weighted by Gasteiger charge is -2.14. The number of rotatable bonds is 8. The number of aromatic nitrogens is 1. The largest absolute Gasteiger partial charge is 0.495 e. The molecule has 0 aliphatic carbocycles. The van der Waals surface area contributed by atoms with Crippen LogP contribution in [0.2, 0.25) is 5.02 Å². The van der Waals surface area contributed by atoms with Crippen molar-refractivity contribution in [1.29, 1.82) is 0 Å². The van der Waals surface area contributed by atoms with Crippen LogP contribution in [0.25, 0.3) is 0 Å². The number of carbonyl (C=O) groups is 1. The van der Waals surface area contributed by atoms with Crippen LogP contribution in [-0.2, 0) is 16.4 Å². The molecule has 0 aliphatic rings. The number of halogens is 1. The Morgan fingerprint density at radius 3 is 2.69 bits per heavy atom. The number of methoxy groups -OCH3 is 1. The van der Waals surface area contributed by atoms with Crippen LogP contribution in [0.5, 0.6) is 5.75 Å². The number of nitrogens with one attached hydrogen (secondary N) is 2. The summed E-state index contributed by atoms with van der Waals surface area (Å²) in [6, 6.07) is 9.80. The predicted molar refractivity (Wildman–Crippen MR) is 128 cm³/mol. The van der Waals surface area contributed by atoms with Gasteiger partial charge >= 0.3 is 0 Å². The number of anilines is 1. The van der Waals surface area contributed by atoms with Gasteiger partial charge in [0.15, 0.2) is 5.13 Å². The van der Waals surface area contributed by atoms with E-state index in [2.05, 4.69) is 15.0 Å². The summed E-state index contributed by atoms with van der Waals surface area (Å²) in [7, 11) is -2.47. The van der Waals surface area contributed by atoms with Gasteiger partial charge in [0.1, 0.15) is 10.6 Å². The molecular weight excluding hydrogens is 470 g/mol. The van der Waals surface area contributed by atoms with Crippen LogP contribution in [0, 0.1) is 6.92 Å². The molecule has 3 rings (SSSR count). The Bertz CT molecular complexity index is 1240. The third-order valence-electron chi connectivity index (χ3n) is 4.52. The van der Waals surface area contributed by atoms with Crippen molar-refractivity contribution in [2.45, 2.75) is 38.1 Å². The van der Waals surface area contributed by atoms with E-state index in [0.29, 0.717) is 16.6 Å². The van der Waals surface area contributed by atoms with E-state index >= 15 is 0 Å². The molecule has 0 saturated carbocycles. The molecule has 3 aromatic rings. The van der Waals surface area contributed by atoms with Crippen LogP contribution in [-0.4, -0.2) is 32.5 Å². The maximum absolute atomic E-state index is 12.8. The summed E-state index contributed by atoms with van der Waals surface area (Å²) in [5, 5.41) is 3.85. The third kappa shape index (κ3) is 5.66. The van der Waals surface area contributed by atoms with Gasteiger partial charge in [-0.15, -0.1) is 11.3 Å². The van der Waals surface area contributed by atoms with Gasteiger partial charge in [-0.3, -0.25) is 10.1 Å². The second kappa shape index (κ2) is 9.99. The highest BCUT2D eigenvalue weighted by Crippen LogP contribution is 2.28. The maximum atomic E-state index is 12.8. The van der Waals surface area contributed by atoms with Crippen LogP contribution >= 0.6 is 22.9 Å². The molecule has 0 radical (unpaired) electrons. The highest BCUT2D eigenvalue weighted by molar-refractivity contribution is 7.89. The molecule has 2 N–H and O–H groups in total. The number of hydrogen-bond donors (Lipinski definition) is 2. The highest BCUT2D eigenvalue weighted by Gasteiger charge is 2.23. The Labute approximate surface area is 196 Å². The Hall–Kier alpha value is -2.46. The van der Waals surface area contributed by atoms with Crippen molar-refractivity contribution in [3.05, 3.63) is 69.2 Å². The topological polar surface area (TPSA) is 97.4 Å². The minimum absolute atomic E-state index is 0.102. The van der Waals surface area contributed by atoms with Gasteiger partial charge in [-0.2, -0.15) is 0 Å². The zero-order valence-electron chi connectivity index (χ0n) is 18.1. The number of ether oxygens (including phenoxy) is 1. The third-order valence-corrected chi connectivity index (χ3v) is 7.65. The summed E-state index contributed by atoms with van der Waals surface area (Å²) in [6.07, 6.45) is 2.29. The molecular formula is C22H24ClN3O4S2. The summed E-state index contributed by atoms with van der Waals surface area (Å²) >= 11 is 7.71. The minimum atomic E-state index is -3.85. The average Bonchev–Trinajstić information content (AvgIpc) is 3.16. The van der Waals surface area contributed by atoms with Gasteiger partial charge in [0, 0.05) is 34.1 Å². The van der Waals surface area contributed by atoms with E-state index in [1.165, 1.54) is 36.6 Å². The second-order valence-corrected chi connectivity index (χ2v) is 10.6. The molecule has 2 aromatic carbocycles. The van der Waals surface area contributed by atoms with Crippen molar-refractivity contribution in [2.24, 2.45) is 0 Å². The second-order valence-electron chi connectivity index (χ2n) is 7.45. The first-order valence-corrected chi connectivity index (χ1v) is 12.5. The van der Waals surface area contributed by atoms with Crippen LogP contribution < -0.4 is 14.8 Å². The van der Waals surface area contributed by atoms with E-state index in [9.17, 15) is 13.2 Å². The van der Waals surface area contributed by atoms with Gasteiger partial charge in [-0.05, 0) is 50.1 Å². The number of aryl methyl sites for hydroxylation is 1. The Morgan fingerprint density at radius 2 is 2.00 bits per heavy atom. The lowest BCUT2D eigenvalue weighted by Crippen LogP contribution is -2.30. The fraction of sp³-hybridized carbons (Fsp3) is 0.273. The van der Waals surface area contributed by atoms with E-state index in [1.54, 1.807) is 20.0 Å². The lowest BCUT2D eigenvalue weighted by molar-refractivity contribution is 0.102. The number of nitrogens with zero attached hydrogens (tertiary/aromatic N) is 1. The van der Waals surface area contributed by atoms with E-state index in [1.807, 2.05) is 25.1 Å². The number of benzene rings is 2. The van der Waals surface area contributed by atoms with Crippen molar-refractivity contribution < 1.29 is 17.9 Å². The monoisotopic (exact) mass is 493 g/mol. The molecule has 0 unspecified atom stereocenters. The number of thiazole rings is 1.